The first-order chi connectivity index (χ1) is 12.1. The fourth-order valence-corrected chi connectivity index (χ4v) is 2.48. The summed E-state index contributed by atoms with van der Waals surface area (Å²) < 4.78 is 5.37. The van der Waals surface area contributed by atoms with Gasteiger partial charge in [-0.1, -0.05) is 18.2 Å². The lowest BCUT2D eigenvalue weighted by atomic mass is 10.1. The number of carbonyl (C=O) groups is 1. The number of nitrogens with zero attached hydrogens (tertiary/aromatic N) is 2. The molecule has 1 heterocycles. The van der Waals surface area contributed by atoms with Crippen LogP contribution in [0.1, 0.15) is 21.5 Å². The first kappa shape index (κ1) is 16.6. The molecule has 0 atom stereocenters. The van der Waals surface area contributed by atoms with Crippen molar-refractivity contribution in [3.8, 4) is 17.0 Å². The van der Waals surface area contributed by atoms with Crippen LogP contribution < -0.4 is 10.1 Å². The maximum atomic E-state index is 12.4. The third-order valence-corrected chi connectivity index (χ3v) is 4.03. The van der Waals surface area contributed by atoms with Crippen molar-refractivity contribution in [1.29, 1.82) is 0 Å². The van der Waals surface area contributed by atoms with Crippen LogP contribution in [0.25, 0.3) is 11.3 Å². The number of ether oxygens (including phenoxy) is 1. The normalized spacial score (nSPS) is 10.4. The lowest BCUT2D eigenvalue weighted by Gasteiger charge is -2.09. The van der Waals surface area contributed by atoms with Crippen molar-refractivity contribution in [3.63, 3.8) is 0 Å². The molecule has 0 saturated carbocycles. The average Bonchev–Trinajstić information content (AvgIpc) is 2.64. The summed E-state index contributed by atoms with van der Waals surface area (Å²) in [6, 6.07) is 14.9. The van der Waals surface area contributed by atoms with E-state index in [0.717, 1.165) is 16.7 Å². The molecule has 5 heteroatoms. The molecule has 3 rings (SSSR count). The zero-order valence-electron chi connectivity index (χ0n) is 14.4. The quantitative estimate of drug-likeness (QED) is 0.783. The largest absolute Gasteiger partial charge is 0.496 e. The number of aromatic nitrogens is 2. The van der Waals surface area contributed by atoms with Crippen molar-refractivity contribution >= 4 is 11.9 Å². The summed E-state index contributed by atoms with van der Waals surface area (Å²) in [7, 11) is 1.61. The average molecular weight is 333 g/mol. The van der Waals surface area contributed by atoms with Gasteiger partial charge in [-0.25, -0.2) is 9.97 Å². The predicted octanol–water partition coefficient (Wildman–Crippen LogP) is 4.02. The van der Waals surface area contributed by atoms with Gasteiger partial charge in [0.25, 0.3) is 5.91 Å². The molecular weight excluding hydrogens is 314 g/mol. The Morgan fingerprint density at radius 3 is 2.60 bits per heavy atom. The minimum Gasteiger partial charge on any atom is -0.496 e. The second-order valence-electron chi connectivity index (χ2n) is 5.72. The number of carbonyl (C=O) groups excluding carboxylic acids is 1. The summed E-state index contributed by atoms with van der Waals surface area (Å²) in [5.41, 5.74) is 4.31. The predicted molar refractivity (Wildman–Crippen MR) is 97.9 cm³/mol. The van der Waals surface area contributed by atoms with E-state index < -0.39 is 0 Å². The van der Waals surface area contributed by atoms with Gasteiger partial charge in [0, 0.05) is 17.3 Å². The lowest BCUT2D eigenvalue weighted by molar-refractivity contribution is 0.102. The van der Waals surface area contributed by atoms with Crippen LogP contribution in [0.5, 0.6) is 5.75 Å². The molecule has 0 bridgehead atoms. The van der Waals surface area contributed by atoms with E-state index in [1.807, 2.05) is 50.2 Å². The van der Waals surface area contributed by atoms with Gasteiger partial charge in [-0.15, -0.1) is 0 Å². The highest BCUT2D eigenvalue weighted by molar-refractivity contribution is 6.03. The zero-order chi connectivity index (χ0) is 17.8. The fraction of sp³-hybridized carbons (Fsp3) is 0.150. The summed E-state index contributed by atoms with van der Waals surface area (Å²) in [4.78, 5) is 21.0. The van der Waals surface area contributed by atoms with Gasteiger partial charge in [0.1, 0.15) is 5.75 Å². The molecule has 1 amide bonds. The summed E-state index contributed by atoms with van der Waals surface area (Å²) in [6.45, 7) is 3.99. The van der Waals surface area contributed by atoms with E-state index in [4.69, 9.17) is 4.74 Å². The van der Waals surface area contributed by atoms with Crippen LogP contribution in [-0.2, 0) is 0 Å². The van der Waals surface area contributed by atoms with Crippen LogP contribution in [0, 0.1) is 13.8 Å². The van der Waals surface area contributed by atoms with E-state index in [1.165, 1.54) is 0 Å². The highest BCUT2D eigenvalue weighted by atomic mass is 16.5. The third kappa shape index (κ3) is 3.66. The number of methoxy groups -OCH3 is 1. The van der Waals surface area contributed by atoms with E-state index in [-0.39, 0.29) is 11.9 Å². The molecule has 25 heavy (non-hydrogen) atoms. The lowest BCUT2D eigenvalue weighted by Crippen LogP contribution is -2.14. The Morgan fingerprint density at radius 1 is 1.04 bits per heavy atom. The Hall–Kier alpha value is -3.21. The Balaban J connectivity index is 1.86. The number of hydrogen-bond donors (Lipinski definition) is 1. The molecule has 0 spiro atoms. The molecule has 0 radical (unpaired) electrons. The van der Waals surface area contributed by atoms with Gasteiger partial charge in [0.05, 0.1) is 12.8 Å². The number of hydrogen-bond acceptors (Lipinski definition) is 4. The standard InChI is InChI=1S/C20H19N3O2/c1-13-8-9-15(12-14(13)2)19(24)23-20-21-11-10-17(22-20)16-6-4-5-7-18(16)25-3/h4-12H,1-3H3,(H,21,22,23,24). The molecule has 0 aliphatic rings. The van der Waals surface area contributed by atoms with Crippen LogP contribution >= 0.6 is 0 Å². The molecule has 0 unspecified atom stereocenters. The molecule has 2 aromatic carbocycles. The van der Waals surface area contributed by atoms with Crippen molar-refractivity contribution in [3.05, 3.63) is 71.4 Å². The van der Waals surface area contributed by atoms with Crippen LogP contribution in [0.2, 0.25) is 0 Å². The third-order valence-electron chi connectivity index (χ3n) is 4.03. The smallest absolute Gasteiger partial charge is 0.258 e. The van der Waals surface area contributed by atoms with Crippen molar-refractivity contribution in [2.45, 2.75) is 13.8 Å². The van der Waals surface area contributed by atoms with Gasteiger partial charge in [0.2, 0.25) is 5.95 Å². The monoisotopic (exact) mass is 333 g/mol. The van der Waals surface area contributed by atoms with E-state index in [9.17, 15) is 4.79 Å². The molecule has 5 nitrogen and oxygen atoms in total. The maximum absolute atomic E-state index is 12.4. The van der Waals surface area contributed by atoms with Crippen molar-refractivity contribution in [2.75, 3.05) is 12.4 Å². The number of anilines is 1. The summed E-state index contributed by atoms with van der Waals surface area (Å²) in [5, 5.41) is 2.75. The second-order valence-corrected chi connectivity index (χ2v) is 5.72. The molecular formula is C20H19N3O2. The number of rotatable bonds is 4. The minimum atomic E-state index is -0.236. The fourth-order valence-electron chi connectivity index (χ4n) is 2.48. The number of amides is 1. The zero-order valence-corrected chi connectivity index (χ0v) is 14.4. The number of nitrogens with one attached hydrogen (secondary N) is 1. The van der Waals surface area contributed by atoms with E-state index in [2.05, 4.69) is 15.3 Å². The molecule has 0 fully saturated rings. The summed E-state index contributed by atoms with van der Waals surface area (Å²) in [5.74, 6) is 0.736. The van der Waals surface area contributed by atoms with Gasteiger partial charge in [-0.05, 0) is 55.3 Å². The molecule has 0 aliphatic heterocycles. The SMILES string of the molecule is COc1ccccc1-c1ccnc(NC(=O)c2ccc(C)c(C)c2)n1. The first-order valence-electron chi connectivity index (χ1n) is 7.93. The molecule has 1 N–H and O–H groups in total. The topological polar surface area (TPSA) is 64.1 Å². The van der Waals surface area contributed by atoms with Crippen molar-refractivity contribution in [1.82, 2.24) is 9.97 Å². The molecule has 3 aromatic rings. The molecule has 1 aromatic heterocycles. The minimum absolute atomic E-state index is 0.236. The molecule has 126 valence electrons. The number of aryl methyl sites for hydroxylation is 2. The number of benzene rings is 2. The van der Waals surface area contributed by atoms with E-state index in [1.54, 1.807) is 25.4 Å². The Labute approximate surface area is 146 Å². The van der Waals surface area contributed by atoms with Gasteiger partial charge >= 0.3 is 0 Å². The molecule has 0 saturated heterocycles. The second kappa shape index (κ2) is 7.13. The van der Waals surface area contributed by atoms with Gasteiger partial charge < -0.3 is 4.74 Å². The Bertz CT molecular complexity index is 922. The van der Waals surface area contributed by atoms with Gasteiger partial charge in [-0.2, -0.15) is 0 Å². The van der Waals surface area contributed by atoms with E-state index >= 15 is 0 Å². The maximum Gasteiger partial charge on any atom is 0.258 e. The van der Waals surface area contributed by atoms with Crippen LogP contribution in [0.4, 0.5) is 5.95 Å². The van der Waals surface area contributed by atoms with Crippen LogP contribution in [0.15, 0.2) is 54.7 Å². The van der Waals surface area contributed by atoms with Crippen LogP contribution in [0.3, 0.4) is 0 Å². The highest BCUT2D eigenvalue weighted by Crippen LogP contribution is 2.28. The van der Waals surface area contributed by atoms with E-state index in [0.29, 0.717) is 17.0 Å². The Morgan fingerprint density at radius 2 is 1.84 bits per heavy atom. The van der Waals surface area contributed by atoms with Crippen molar-refractivity contribution in [2.24, 2.45) is 0 Å². The van der Waals surface area contributed by atoms with Crippen molar-refractivity contribution < 1.29 is 9.53 Å². The van der Waals surface area contributed by atoms with Gasteiger partial charge in [-0.3, -0.25) is 10.1 Å². The number of para-hydroxylation sites is 1. The molecule has 0 aliphatic carbocycles. The first-order valence-corrected chi connectivity index (χ1v) is 7.93. The highest BCUT2D eigenvalue weighted by Gasteiger charge is 2.11. The van der Waals surface area contributed by atoms with Gasteiger partial charge in [0.15, 0.2) is 0 Å². The summed E-state index contributed by atoms with van der Waals surface area (Å²) >= 11 is 0. The Kier molecular flexibility index (Phi) is 4.75. The van der Waals surface area contributed by atoms with Crippen LogP contribution in [-0.4, -0.2) is 23.0 Å². The summed E-state index contributed by atoms with van der Waals surface area (Å²) in [6.07, 6.45) is 1.62.